The summed E-state index contributed by atoms with van der Waals surface area (Å²) in [5, 5.41) is 12.8. The Bertz CT molecular complexity index is 627. The second-order valence-electron chi connectivity index (χ2n) is 4.45. The van der Waals surface area contributed by atoms with Gasteiger partial charge < -0.3 is 10.2 Å². The van der Waals surface area contributed by atoms with E-state index in [1.165, 1.54) is 0 Å². The third kappa shape index (κ3) is 2.64. The van der Waals surface area contributed by atoms with Crippen LogP contribution in [-0.2, 0) is 6.54 Å². The summed E-state index contributed by atoms with van der Waals surface area (Å²) in [6.07, 6.45) is 0. The monoisotopic (exact) mass is 328 g/mol. The van der Waals surface area contributed by atoms with Gasteiger partial charge in [0.15, 0.2) is 11.0 Å². The fourth-order valence-electron chi connectivity index (χ4n) is 2.19. The Morgan fingerprint density at radius 3 is 2.65 bits per heavy atom. The Morgan fingerprint density at radius 1 is 1.15 bits per heavy atom. The van der Waals surface area contributed by atoms with Crippen LogP contribution in [0.15, 0.2) is 24.3 Å². The standard InChI is InChI=1S/C13H11Cl3N4/c14-9-2-1-3-10(15)8(9)7-20-5-4-17-13-11(20)6-12(16)18-19-13/h1-3,6H,4-5,7H2,(H,17,19). The highest BCUT2D eigenvalue weighted by Crippen LogP contribution is 2.32. The van der Waals surface area contributed by atoms with E-state index in [9.17, 15) is 0 Å². The molecular formula is C13H11Cl3N4. The van der Waals surface area contributed by atoms with Crippen molar-refractivity contribution < 1.29 is 0 Å². The molecule has 0 aliphatic carbocycles. The van der Waals surface area contributed by atoms with Crippen molar-refractivity contribution in [1.82, 2.24) is 10.2 Å². The first-order valence-corrected chi connectivity index (χ1v) is 7.23. The number of aromatic nitrogens is 2. The van der Waals surface area contributed by atoms with E-state index < -0.39 is 0 Å². The number of halogens is 3. The molecule has 0 radical (unpaired) electrons. The van der Waals surface area contributed by atoms with Crippen molar-refractivity contribution in [3.8, 4) is 0 Å². The average molecular weight is 330 g/mol. The molecule has 0 bridgehead atoms. The van der Waals surface area contributed by atoms with E-state index in [0.717, 1.165) is 30.2 Å². The summed E-state index contributed by atoms with van der Waals surface area (Å²) < 4.78 is 0. The number of benzene rings is 1. The molecule has 0 saturated heterocycles. The molecule has 0 saturated carbocycles. The van der Waals surface area contributed by atoms with E-state index in [-0.39, 0.29) is 0 Å². The van der Waals surface area contributed by atoms with Crippen LogP contribution in [0.3, 0.4) is 0 Å². The van der Waals surface area contributed by atoms with Gasteiger partial charge in [0.05, 0.1) is 5.69 Å². The largest absolute Gasteiger partial charge is 0.365 e. The van der Waals surface area contributed by atoms with Crippen LogP contribution >= 0.6 is 34.8 Å². The molecule has 0 amide bonds. The van der Waals surface area contributed by atoms with Gasteiger partial charge in [-0.2, -0.15) is 0 Å². The lowest BCUT2D eigenvalue weighted by Gasteiger charge is -2.31. The molecule has 0 unspecified atom stereocenters. The van der Waals surface area contributed by atoms with Crippen LogP contribution in [0.1, 0.15) is 5.56 Å². The molecule has 3 rings (SSSR count). The molecule has 0 spiro atoms. The molecule has 7 heteroatoms. The van der Waals surface area contributed by atoms with Crippen LogP contribution in [0.2, 0.25) is 15.2 Å². The van der Waals surface area contributed by atoms with Crippen molar-refractivity contribution in [3.63, 3.8) is 0 Å². The lowest BCUT2D eigenvalue weighted by Crippen LogP contribution is -2.34. The Hall–Kier alpha value is -1.23. The summed E-state index contributed by atoms with van der Waals surface area (Å²) >= 11 is 18.4. The highest BCUT2D eigenvalue weighted by molar-refractivity contribution is 6.36. The molecule has 2 aromatic rings. The molecule has 1 aromatic carbocycles. The first-order chi connectivity index (χ1) is 9.65. The predicted octanol–water partition coefficient (Wildman–Crippen LogP) is 3.87. The summed E-state index contributed by atoms with van der Waals surface area (Å²) in [6.45, 7) is 2.21. The van der Waals surface area contributed by atoms with E-state index in [1.807, 2.05) is 18.2 Å². The molecule has 20 heavy (non-hydrogen) atoms. The van der Waals surface area contributed by atoms with Gasteiger partial charge in [-0.1, -0.05) is 40.9 Å². The Labute approximate surface area is 131 Å². The van der Waals surface area contributed by atoms with Crippen molar-refractivity contribution in [2.24, 2.45) is 0 Å². The van der Waals surface area contributed by atoms with Gasteiger partial charge in [0.25, 0.3) is 0 Å². The number of nitrogens with one attached hydrogen (secondary N) is 1. The van der Waals surface area contributed by atoms with Crippen molar-refractivity contribution >= 4 is 46.3 Å². The minimum Gasteiger partial charge on any atom is -0.365 e. The molecule has 2 heterocycles. The van der Waals surface area contributed by atoms with Crippen LogP contribution in [0.25, 0.3) is 0 Å². The average Bonchev–Trinajstić information content (AvgIpc) is 2.43. The second kappa shape index (κ2) is 5.64. The molecule has 0 fully saturated rings. The van der Waals surface area contributed by atoms with Crippen LogP contribution in [0.4, 0.5) is 11.5 Å². The quantitative estimate of drug-likeness (QED) is 0.908. The minimum absolute atomic E-state index is 0.364. The topological polar surface area (TPSA) is 41.1 Å². The van der Waals surface area contributed by atoms with Crippen molar-refractivity contribution in [3.05, 3.63) is 45.0 Å². The summed E-state index contributed by atoms with van der Waals surface area (Å²) in [4.78, 5) is 2.14. The van der Waals surface area contributed by atoms with Gasteiger partial charge in [-0.25, -0.2) is 0 Å². The highest BCUT2D eigenvalue weighted by atomic mass is 35.5. The van der Waals surface area contributed by atoms with Crippen molar-refractivity contribution in [1.29, 1.82) is 0 Å². The maximum Gasteiger partial charge on any atom is 0.172 e. The van der Waals surface area contributed by atoms with E-state index >= 15 is 0 Å². The van der Waals surface area contributed by atoms with Gasteiger partial charge in [0.2, 0.25) is 0 Å². The summed E-state index contributed by atoms with van der Waals surface area (Å²) in [7, 11) is 0. The zero-order valence-corrected chi connectivity index (χ0v) is 12.7. The molecule has 1 aliphatic rings. The minimum atomic E-state index is 0.364. The lowest BCUT2D eigenvalue weighted by molar-refractivity contribution is 0.772. The smallest absolute Gasteiger partial charge is 0.172 e. The number of nitrogens with zero attached hydrogens (tertiary/aromatic N) is 3. The lowest BCUT2D eigenvalue weighted by atomic mass is 10.2. The second-order valence-corrected chi connectivity index (χ2v) is 5.65. The van der Waals surface area contributed by atoms with Crippen molar-refractivity contribution in [2.45, 2.75) is 6.54 Å². The maximum atomic E-state index is 6.23. The molecule has 4 nitrogen and oxygen atoms in total. The Kier molecular flexibility index (Phi) is 3.87. The molecule has 1 aliphatic heterocycles. The van der Waals surface area contributed by atoms with Gasteiger partial charge in [0, 0.05) is 41.3 Å². The molecule has 1 N–H and O–H groups in total. The summed E-state index contributed by atoms with van der Waals surface area (Å²) in [5.41, 5.74) is 1.81. The van der Waals surface area contributed by atoms with E-state index in [2.05, 4.69) is 20.4 Å². The molecule has 1 aromatic heterocycles. The van der Waals surface area contributed by atoms with Crippen molar-refractivity contribution in [2.75, 3.05) is 23.3 Å². The van der Waals surface area contributed by atoms with Crippen LogP contribution < -0.4 is 10.2 Å². The van der Waals surface area contributed by atoms with E-state index in [4.69, 9.17) is 34.8 Å². The molecule has 104 valence electrons. The number of anilines is 2. The fourth-order valence-corrected chi connectivity index (χ4v) is 2.85. The predicted molar refractivity (Wildman–Crippen MR) is 83.0 cm³/mol. The number of rotatable bonds is 2. The fraction of sp³-hybridized carbons (Fsp3) is 0.231. The third-order valence-electron chi connectivity index (χ3n) is 3.17. The van der Waals surface area contributed by atoms with Gasteiger partial charge in [-0.05, 0) is 12.1 Å². The van der Waals surface area contributed by atoms with Gasteiger partial charge in [0.1, 0.15) is 0 Å². The zero-order valence-electron chi connectivity index (χ0n) is 10.4. The first-order valence-electron chi connectivity index (χ1n) is 6.10. The van der Waals surface area contributed by atoms with Crippen LogP contribution in [-0.4, -0.2) is 23.3 Å². The first kappa shape index (κ1) is 13.7. The summed E-state index contributed by atoms with van der Waals surface area (Å²) in [6, 6.07) is 7.30. The van der Waals surface area contributed by atoms with Gasteiger partial charge in [-0.15, -0.1) is 10.2 Å². The van der Waals surface area contributed by atoms with Gasteiger partial charge in [-0.3, -0.25) is 0 Å². The SMILES string of the molecule is Clc1cc2c(nn1)NCCN2Cc1c(Cl)cccc1Cl. The Morgan fingerprint density at radius 2 is 1.90 bits per heavy atom. The number of hydrogen-bond acceptors (Lipinski definition) is 4. The van der Waals surface area contributed by atoms with Gasteiger partial charge >= 0.3 is 0 Å². The molecular weight excluding hydrogens is 319 g/mol. The number of fused-ring (bicyclic) bond motifs is 1. The highest BCUT2D eigenvalue weighted by Gasteiger charge is 2.20. The summed E-state index contributed by atoms with van der Waals surface area (Å²) in [5.74, 6) is 0.726. The zero-order chi connectivity index (χ0) is 14.1. The third-order valence-corrected chi connectivity index (χ3v) is 4.06. The number of hydrogen-bond donors (Lipinski definition) is 1. The van der Waals surface area contributed by atoms with Crippen LogP contribution in [0, 0.1) is 0 Å². The maximum absolute atomic E-state index is 6.23. The van der Waals surface area contributed by atoms with E-state index in [1.54, 1.807) is 6.07 Å². The Balaban J connectivity index is 1.95. The van der Waals surface area contributed by atoms with Crippen LogP contribution in [0.5, 0.6) is 0 Å². The van der Waals surface area contributed by atoms with E-state index in [0.29, 0.717) is 21.7 Å². The normalized spacial score (nSPS) is 13.8. The molecule has 0 atom stereocenters.